The summed E-state index contributed by atoms with van der Waals surface area (Å²) >= 11 is 0. The molecule has 0 bridgehead atoms. The minimum absolute atomic E-state index is 0.882. The quantitative estimate of drug-likeness (QED) is 0.654. The smallest absolute Gasteiger partial charge is 0.00888 e. The lowest BCUT2D eigenvalue weighted by Gasteiger charge is -2.31. The fourth-order valence-corrected chi connectivity index (χ4v) is 2.46. The predicted molar refractivity (Wildman–Crippen MR) is 57.4 cm³/mol. The second-order valence-corrected chi connectivity index (χ2v) is 4.11. The van der Waals surface area contributed by atoms with Gasteiger partial charge in [0.2, 0.25) is 0 Å². The van der Waals surface area contributed by atoms with Crippen molar-refractivity contribution in [1.29, 1.82) is 0 Å². The van der Waals surface area contributed by atoms with Gasteiger partial charge in [0, 0.05) is 6.42 Å². The van der Waals surface area contributed by atoms with E-state index in [1.165, 1.54) is 38.6 Å². The van der Waals surface area contributed by atoms with Gasteiger partial charge in [0.1, 0.15) is 0 Å². The zero-order chi connectivity index (χ0) is 9.52. The first-order valence-electron chi connectivity index (χ1n) is 5.46. The summed E-state index contributed by atoms with van der Waals surface area (Å²) in [5, 5.41) is 3.29. The van der Waals surface area contributed by atoms with Crippen LogP contribution >= 0.6 is 0 Å². The lowest BCUT2D eigenvalue weighted by Crippen LogP contribution is -2.28. The Morgan fingerprint density at radius 3 is 2.62 bits per heavy atom. The molecular formula is C12H21N. The number of hydrogen-bond acceptors (Lipinski definition) is 1. The summed E-state index contributed by atoms with van der Waals surface area (Å²) < 4.78 is 0. The summed E-state index contributed by atoms with van der Waals surface area (Å²) in [4.78, 5) is 0. The summed E-state index contributed by atoms with van der Waals surface area (Å²) in [6, 6.07) is 0. The van der Waals surface area contributed by atoms with Gasteiger partial charge in [-0.1, -0.05) is 19.3 Å². The van der Waals surface area contributed by atoms with Crippen molar-refractivity contribution in [3.8, 4) is 12.3 Å². The summed E-state index contributed by atoms with van der Waals surface area (Å²) in [6.07, 6.45) is 13.1. The van der Waals surface area contributed by atoms with Gasteiger partial charge in [-0.3, -0.25) is 0 Å². The van der Waals surface area contributed by atoms with Gasteiger partial charge in [0.05, 0.1) is 0 Å². The van der Waals surface area contributed by atoms with Crippen molar-refractivity contribution in [2.24, 2.45) is 11.8 Å². The Morgan fingerprint density at radius 2 is 2.00 bits per heavy atom. The van der Waals surface area contributed by atoms with E-state index in [4.69, 9.17) is 6.42 Å². The maximum atomic E-state index is 5.30. The molecule has 0 heterocycles. The Bertz CT molecular complexity index is 166. The van der Waals surface area contributed by atoms with Crippen LogP contribution in [0.5, 0.6) is 0 Å². The van der Waals surface area contributed by atoms with Crippen molar-refractivity contribution in [3.63, 3.8) is 0 Å². The van der Waals surface area contributed by atoms with Crippen LogP contribution in [0.3, 0.4) is 0 Å². The highest BCUT2D eigenvalue weighted by Crippen LogP contribution is 2.32. The van der Waals surface area contributed by atoms with E-state index in [1.807, 2.05) is 7.05 Å². The minimum Gasteiger partial charge on any atom is -0.319 e. The van der Waals surface area contributed by atoms with E-state index in [0.717, 1.165) is 18.3 Å². The molecule has 0 radical (unpaired) electrons. The van der Waals surface area contributed by atoms with Crippen molar-refractivity contribution in [1.82, 2.24) is 5.32 Å². The molecule has 2 unspecified atom stereocenters. The highest BCUT2D eigenvalue weighted by atomic mass is 14.8. The molecule has 0 saturated heterocycles. The van der Waals surface area contributed by atoms with Gasteiger partial charge in [-0.15, -0.1) is 12.3 Å². The van der Waals surface area contributed by atoms with Crippen LogP contribution in [0.25, 0.3) is 0 Å². The number of terminal acetylenes is 1. The molecule has 2 atom stereocenters. The van der Waals surface area contributed by atoms with E-state index < -0.39 is 0 Å². The Labute approximate surface area is 82.3 Å². The van der Waals surface area contributed by atoms with Crippen molar-refractivity contribution >= 4 is 0 Å². The molecule has 0 aromatic heterocycles. The molecule has 1 nitrogen and oxygen atoms in total. The molecule has 0 spiro atoms. The van der Waals surface area contributed by atoms with Crippen LogP contribution in [0.15, 0.2) is 0 Å². The summed E-state index contributed by atoms with van der Waals surface area (Å²) in [5.74, 6) is 4.53. The van der Waals surface area contributed by atoms with Gasteiger partial charge < -0.3 is 5.32 Å². The molecule has 1 aliphatic carbocycles. The fraction of sp³-hybridized carbons (Fsp3) is 0.833. The number of hydrogen-bond donors (Lipinski definition) is 1. The molecule has 1 heteroatoms. The topological polar surface area (TPSA) is 12.0 Å². The second-order valence-electron chi connectivity index (χ2n) is 4.11. The van der Waals surface area contributed by atoms with Crippen LogP contribution in [0.1, 0.15) is 38.5 Å². The maximum absolute atomic E-state index is 5.30. The van der Waals surface area contributed by atoms with Crippen molar-refractivity contribution < 1.29 is 0 Å². The van der Waals surface area contributed by atoms with E-state index in [9.17, 15) is 0 Å². The fourth-order valence-electron chi connectivity index (χ4n) is 2.46. The first kappa shape index (κ1) is 10.6. The third-order valence-electron chi connectivity index (χ3n) is 3.19. The van der Waals surface area contributed by atoms with Crippen LogP contribution in [-0.4, -0.2) is 13.6 Å². The Morgan fingerprint density at radius 1 is 1.31 bits per heavy atom. The number of nitrogens with one attached hydrogen (secondary N) is 1. The third-order valence-corrected chi connectivity index (χ3v) is 3.19. The van der Waals surface area contributed by atoms with E-state index in [2.05, 4.69) is 11.2 Å². The van der Waals surface area contributed by atoms with E-state index in [0.29, 0.717) is 0 Å². The molecule has 13 heavy (non-hydrogen) atoms. The molecular weight excluding hydrogens is 158 g/mol. The molecule has 1 rings (SSSR count). The largest absolute Gasteiger partial charge is 0.319 e. The van der Waals surface area contributed by atoms with Crippen molar-refractivity contribution in [2.75, 3.05) is 13.6 Å². The lowest BCUT2D eigenvalue weighted by atomic mass is 9.77. The summed E-state index contributed by atoms with van der Waals surface area (Å²) in [7, 11) is 2.05. The Kier molecular flexibility index (Phi) is 4.93. The predicted octanol–water partition coefficient (Wildman–Crippen LogP) is 2.43. The van der Waals surface area contributed by atoms with E-state index in [1.54, 1.807) is 0 Å². The zero-order valence-corrected chi connectivity index (χ0v) is 8.68. The van der Waals surface area contributed by atoms with Crippen molar-refractivity contribution in [3.05, 3.63) is 0 Å². The monoisotopic (exact) mass is 179 g/mol. The lowest BCUT2D eigenvalue weighted by molar-refractivity contribution is 0.223. The molecule has 1 N–H and O–H groups in total. The average molecular weight is 179 g/mol. The van der Waals surface area contributed by atoms with Gasteiger partial charge in [0.15, 0.2) is 0 Å². The molecule has 0 aromatic rings. The minimum atomic E-state index is 0.882. The zero-order valence-electron chi connectivity index (χ0n) is 8.68. The summed E-state index contributed by atoms with van der Waals surface area (Å²) in [6.45, 7) is 1.18. The van der Waals surface area contributed by atoms with Crippen LogP contribution in [0.2, 0.25) is 0 Å². The van der Waals surface area contributed by atoms with Gasteiger partial charge in [-0.05, 0) is 38.3 Å². The number of rotatable bonds is 4. The SMILES string of the molecule is C#CCCC1CCCCC1CNC. The normalized spacial score (nSPS) is 28.3. The average Bonchev–Trinajstić information content (AvgIpc) is 2.17. The summed E-state index contributed by atoms with van der Waals surface area (Å²) in [5.41, 5.74) is 0. The maximum Gasteiger partial charge on any atom is 0.00888 e. The molecule has 0 aromatic carbocycles. The van der Waals surface area contributed by atoms with Crippen LogP contribution < -0.4 is 5.32 Å². The molecule has 74 valence electrons. The highest BCUT2D eigenvalue weighted by Gasteiger charge is 2.23. The molecule has 0 amide bonds. The first-order valence-corrected chi connectivity index (χ1v) is 5.46. The second kappa shape index (κ2) is 6.05. The van der Waals surface area contributed by atoms with Crippen LogP contribution in [-0.2, 0) is 0 Å². The third kappa shape index (κ3) is 3.40. The van der Waals surface area contributed by atoms with Gasteiger partial charge >= 0.3 is 0 Å². The molecule has 1 aliphatic rings. The van der Waals surface area contributed by atoms with Crippen LogP contribution in [0, 0.1) is 24.2 Å². The molecule has 1 saturated carbocycles. The standard InChI is InChI=1S/C12H21N/c1-3-4-7-11-8-5-6-9-12(11)10-13-2/h1,11-13H,4-10H2,2H3. The molecule has 0 aliphatic heterocycles. The van der Waals surface area contributed by atoms with Crippen LogP contribution in [0.4, 0.5) is 0 Å². The Hall–Kier alpha value is -0.480. The van der Waals surface area contributed by atoms with E-state index in [-0.39, 0.29) is 0 Å². The van der Waals surface area contributed by atoms with Gasteiger partial charge in [-0.25, -0.2) is 0 Å². The first-order chi connectivity index (χ1) is 6.38. The van der Waals surface area contributed by atoms with Gasteiger partial charge in [-0.2, -0.15) is 0 Å². The van der Waals surface area contributed by atoms with E-state index >= 15 is 0 Å². The van der Waals surface area contributed by atoms with Crippen molar-refractivity contribution in [2.45, 2.75) is 38.5 Å². The van der Waals surface area contributed by atoms with Gasteiger partial charge in [0.25, 0.3) is 0 Å². The highest BCUT2D eigenvalue weighted by molar-refractivity contribution is 4.86. The molecule has 1 fully saturated rings. The Balaban J connectivity index is 2.33.